The highest BCUT2D eigenvalue weighted by molar-refractivity contribution is 5.86. The summed E-state index contributed by atoms with van der Waals surface area (Å²) >= 11 is 0. The first-order valence-electron chi connectivity index (χ1n) is 12.5. The van der Waals surface area contributed by atoms with Gasteiger partial charge >= 0.3 is 12.4 Å². The molecule has 0 radical (unpaired) electrons. The van der Waals surface area contributed by atoms with Crippen LogP contribution in [0.4, 0.5) is 36.4 Å². The lowest BCUT2D eigenvalue weighted by molar-refractivity contribution is -0.139. The van der Waals surface area contributed by atoms with Gasteiger partial charge in [0.15, 0.2) is 5.82 Å². The number of alkyl halides is 6. The van der Waals surface area contributed by atoms with E-state index in [2.05, 4.69) is 20.4 Å². The second-order valence-corrected chi connectivity index (χ2v) is 10.1. The van der Waals surface area contributed by atoms with Crippen LogP contribution < -0.4 is 16.4 Å². The zero-order valence-electron chi connectivity index (χ0n) is 21.4. The van der Waals surface area contributed by atoms with Crippen molar-refractivity contribution in [3.05, 3.63) is 80.6 Å². The number of halogens is 7. The van der Waals surface area contributed by atoms with E-state index in [1.165, 1.54) is 18.3 Å². The number of benzene rings is 1. The number of nitrogens with one attached hydrogen (secondary N) is 2. The lowest BCUT2D eigenvalue weighted by atomic mass is 9.81. The monoisotopic (exact) mass is 598 g/mol. The zero-order valence-corrected chi connectivity index (χ0v) is 21.4. The van der Waals surface area contributed by atoms with Gasteiger partial charge in [-0.15, -0.1) is 0 Å². The molecule has 4 aromatic rings. The number of hydrogen-bond donors (Lipinski definition) is 3. The van der Waals surface area contributed by atoms with Crippen LogP contribution in [0.5, 0.6) is 0 Å². The average molecular weight is 598 g/mol. The number of aromatic nitrogens is 5. The fraction of sp³-hybridized carbons (Fsp3) is 0.346. The van der Waals surface area contributed by atoms with Crippen LogP contribution in [0.25, 0.3) is 22.2 Å². The average Bonchev–Trinajstić information content (AvgIpc) is 2.89. The molecule has 1 fully saturated rings. The number of nitrogens with zero attached hydrogens (tertiary/aromatic N) is 4. The first-order valence-corrected chi connectivity index (χ1v) is 12.5. The largest absolute Gasteiger partial charge is 0.423 e. The third-order valence-electron chi connectivity index (χ3n) is 7.07. The minimum absolute atomic E-state index is 0.0693. The van der Waals surface area contributed by atoms with E-state index in [-0.39, 0.29) is 41.5 Å². The number of fused-ring (bicyclic) bond motifs is 1. The van der Waals surface area contributed by atoms with Crippen molar-refractivity contribution >= 4 is 16.5 Å². The van der Waals surface area contributed by atoms with Crippen LogP contribution in [0.15, 0.2) is 52.6 Å². The maximum absolute atomic E-state index is 15.0. The van der Waals surface area contributed by atoms with Crippen LogP contribution in [-0.4, -0.2) is 41.5 Å². The van der Waals surface area contributed by atoms with Crippen LogP contribution in [0.2, 0.25) is 0 Å². The Bertz CT molecular complexity index is 1750. The first kappa shape index (κ1) is 29.2. The van der Waals surface area contributed by atoms with E-state index in [4.69, 9.17) is 0 Å². The number of aliphatic hydroxyl groups is 1. The molecule has 0 saturated heterocycles. The van der Waals surface area contributed by atoms with Crippen LogP contribution in [-0.2, 0) is 18.9 Å². The number of hydrogen-bond acceptors (Lipinski definition) is 7. The Morgan fingerprint density at radius 3 is 2.45 bits per heavy atom. The van der Waals surface area contributed by atoms with Crippen LogP contribution in [0, 0.1) is 5.82 Å². The Balaban J connectivity index is 1.39. The molecule has 0 amide bonds. The third kappa shape index (κ3) is 5.84. The molecular weight excluding hydrogens is 577 g/mol. The molecule has 1 saturated carbocycles. The lowest BCUT2D eigenvalue weighted by Crippen LogP contribution is -2.45. The van der Waals surface area contributed by atoms with E-state index in [1.807, 2.05) is 0 Å². The molecule has 3 aromatic heterocycles. The van der Waals surface area contributed by atoms with E-state index in [9.17, 15) is 45.4 Å². The van der Waals surface area contributed by atoms with E-state index < -0.39 is 57.7 Å². The Kier molecular flexibility index (Phi) is 7.28. The second-order valence-electron chi connectivity index (χ2n) is 10.1. The number of anilines is 1. The fourth-order valence-electron chi connectivity index (χ4n) is 5.15. The summed E-state index contributed by atoms with van der Waals surface area (Å²) in [6.07, 6.45) is -5.49. The smallest absolute Gasteiger partial charge is 0.388 e. The SMILES string of the molecule is O=c1[nH]ncc(N[C@H]2CCC[C@@](O)(Cn3ccc4cc(-c5ncc(C(F)(F)F)cn5)c(F)cc4c3=O)C2)c1C(F)(F)F. The summed E-state index contributed by atoms with van der Waals surface area (Å²) in [5.74, 6) is -1.27. The summed E-state index contributed by atoms with van der Waals surface area (Å²) in [5, 5.41) is 19.3. The van der Waals surface area contributed by atoms with Crippen molar-refractivity contribution in [2.75, 3.05) is 5.32 Å². The standard InChI is InChI=1S/C26H21F7N6O3/c27-18-7-16-13(6-17(18)21-34-9-14(10-35-21)25(28,29)30)3-5-39(23(16)41)12-24(42)4-1-2-15(8-24)37-19-11-36-38-22(40)20(19)26(31,32)33/h3,5-7,9-11,15,42H,1-2,4,8,12H2,(H2,37,38,40)/t15-,24-/m0/s1. The predicted molar refractivity (Wildman–Crippen MR) is 135 cm³/mol. The molecule has 3 heterocycles. The van der Waals surface area contributed by atoms with E-state index in [0.29, 0.717) is 25.2 Å². The van der Waals surface area contributed by atoms with Crippen molar-refractivity contribution in [2.45, 2.75) is 56.2 Å². The Hall–Kier alpha value is -4.34. The van der Waals surface area contributed by atoms with E-state index in [1.54, 1.807) is 5.10 Å². The van der Waals surface area contributed by atoms with Gasteiger partial charge in [-0.2, -0.15) is 31.4 Å². The first-order chi connectivity index (χ1) is 19.6. The summed E-state index contributed by atoms with van der Waals surface area (Å²) in [4.78, 5) is 32.2. The van der Waals surface area contributed by atoms with Crippen LogP contribution in [0.1, 0.15) is 36.8 Å². The zero-order chi connectivity index (χ0) is 30.4. The molecule has 9 nitrogen and oxygen atoms in total. The van der Waals surface area contributed by atoms with Gasteiger partial charge in [-0.3, -0.25) is 9.59 Å². The van der Waals surface area contributed by atoms with Gasteiger partial charge in [-0.05, 0) is 49.3 Å². The number of pyridine rings is 1. The van der Waals surface area contributed by atoms with Crippen molar-refractivity contribution in [3.8, 4) is 11.4 Å². The summed E-state index contributed by atoms with van der Waals surface area (Å²) < 4.78 is 94.9. The van der Waals surface area contributed by atoms with Gasteiger partial charge in [0.05, 0.1) is 40.5 Å². The molecule has 16 heteroatoms. The van der Waals surface area contributed by atoms with Crippen molar-refractivity contribution in [3.63, 3.8) is 0 Å². The summed E-state index contributed by atoms with van der Waals surface area (Å²) in [6, 6.07) is 2.89. The number of H-pyrrole nitrogens is 1. The molecule has 2 atom stereocenters. The topological polar surface area (TPSA) is 126 Å². The molecule has 5 rings (SSSR count). The molecule has 222 valence electrons. The van der Waals surface area contributed by atoms with Gasteiger partial charge in [0.2, 0.25) is 0 Å². The quantitative estimate of drug-likeness (QED) is 0.289. The predicted octanol–water partition coefficient (Wildman–Crippen LogP) is 4.50. The van der Waals surface area contributed by atoms with Crippen molar-refractivity contribution in [1.29, 1.82) is 0 Å². The van der Waals surface area contributed by atoms with Gasteiger partial charge < -0.3 is 15.0 Å². The van der Waals surface area contributed by atoms with Gasteiger partial charge in [0.1, 0.15) is 11.4 Å². The highest BCUT2D eigenvalue weighted by Gasteiger charge is 2.40. The highest BCUT2D eigenvalue weighted by atomic mass is 19.4. The lowest BCUT2D eigenvalue weighted by Gasteiger charge is -2.38. The van der Waals surface area contributed by atoms with Gasteiger partial charge in [-0.1, -0.05) is 0 Å². The molecular formula is C26H21F7N6O3. The molecule has 42 heavy (non-hydrogen) atoms. The third-order valence-corrected chi connectivity index (χ3v) is 7.07. The summed E-state index contributed by atoms with van der Waals surface area (Å²) in [7, 11) is 0. The molecule has 1 aromatic carbocycles. The molecule has 0 unspecified atom stereocenters. The number of aromatic amines is 1. The molecule has 0 bridgehead atoms. The Morgan fingerprint density at radius 2 is 1.79 bits per heavy atom. The highest BCUT2D eigenvalue weighted by Crippen LogP contribution is 2.36. The molecule has 0 aliphatic heterocycles. The van der Waals surface area contributed by atoms with Crippen molar-refractivity contribution in [2.24, 2.45) is 0 Å². The molecule has 0 spiro atoms. The van der Waals surface area contributed by atoms with E-state index in [0.717, 1.165) is 16.8 Å². The second kappa shape index (κ2) is 10.5. The fourth-order valence-corrected chi connectivity index (χ4v) is 5.15. The Morgan fingerprint density at radius 1 is 1.07 bits per heavy atom. The Labute approximate surface area is 231 Å². The van der Waals surface area contributed by atoms with Gasteiger partial charge in [0.25, 0.3) is 11.1 Å². The normalized spacial score (nSPS) is 19.7. The van der Waals surface area contributed by atoms with Crippen molar-refractivity contribution in [1.82, 2.24) is 24.7 Å². The van der Waals surface area contributed by atoms with E-state index >= 15 is 0 Å². The van der Waals surface area contributed by atoms with Gasteiger partial charge in [-0.25, -0.2) is 19.5 Å². The van der Waals surface area contributed by atoms with Gasteiger partial charge in [0, 0.05) is 24.6 Å². The van der Waals surface area contributed by atoms with Crippen LogP contribution >= 0.6 is 0 Å². The maximum atomic E-state index is 15.0. The maximum Gasteiger partial charge on any atom is 0.423 e. The minimum atomic E-state index is -4.95. The molecule has 1 aliphatic rings. The van der Waals surface area contributed by atoms with Crippen LogP contribution in [0.3, 0.4) is 0 Å². The minimum Gasteiger partial charge on any atom is -0.388 e. The molecule has 1 aliphatic carbocycles. The van der Waals surface area contributed by atoms with Crippen molar-refractivity contribution < 1.29 is 35.8 Å². The molecule has 3 N–H and O–H groups in total. The summed E-state index contributed by atoms with van der Waals surface area (Å²) in [5.41, 5.74) is -6.93. The number of rotatable bonds is 5. The summed E-state index contributed by atoms with van der Waals surface area (Å²) in [6.45, 7) is -0.259.